The first-order valence-corrected chi connectivity index (χ1v) is 6.30. The van der Waals surface area contributed by atoms with Crippen molar-refractivity contribution in [2.24, 2.45) is 0 Å². The van der Waals surface area contributed by atoms with Crippen molar-refractivity contribution < 1.29 is 18.3 Å². The Morgan fingerprint density at radius 3 is 2.69 bits per heavy atom. The summed E-state index contributed by atoms with van der Waals surface area (Å²) in [5.74, 6) is -0.0668. The second kappa shape index (κ2) is 3.94. The third-order valence-electron chi connectivity index (χ3n) is 2.09. The molecule has 0 aromatic rings. The number of ether oxygens (including phenoxy) is 1. The summed E-state index contributed by atoms with van der Waals surface area (Å²) in [4.78, 5) is 0. The van der Waals surface area contributed by atoms with Gasteiger partial charge in [-0.25, -0.2) is 8.42 Å². The van der Waals surface area contributed by atoms with E-state index >= 15 is 0 Å². The third-order valence-corrected chi connectivity index (χ3v) is 3.89. The molecule has 0 radical (unpaired) electrons. The zero-order valence-electron chi connectivity index (χ0n) is 7.82. The quantitative estimate of drug-likeness (QED) is 0.659. The van der Waals surface area contributed by atoms with E-state index in [4.69, 9.17) is 4.74 Å². The average molecular weight is 208 g/mol. The van der Waals surface area contributed by atoms with Crippen LogP contribution in [0.15, 0.2) is 0 Å². The first kappa shape index (κ1) is 10.9. The molecule has 0 saturated carbocycles. The lowest BCUT2D eigenvalue weighted by molar-refractivity contribution is -0.0280. The maximum absolute atomic E-state index is 11.1. The molecule has 1 aliphatic rings. The highest BCUT2D eigenvalue weighted by Crippen LogP contribution is 2.23. The normalized spacial score (nSPS) is 32.2. The SMILES string of the molecule is CCCOCC1(O)CCS(=O)(=O)C1. The van der Waals surface area contributed by atoms with Gasteiger partial charge >= 0.3 is 0 Å². The molecule has 1 unspecified atom stereocenters. The van der Waals surface area contributed by atoms with Crippen LogP contribution in [-0.4, -0.2) is 43.8 Å². The van der Waals surface area contributed by atoms with Crippen molar-refractivity contribution in [3.05, 3.63) is 0 Å². The molecule has 0 spiro atoms. The molecule has 0 aliphatic carbocycles. The molecule has 1 rings (SSSR count). The standard InChI is InChI=1S/C8H16O4S/c1-2-4-12-6-8(9)3-5-13(10,11)7-8/h9H,2-7H2,1H3. The van der Waals surface area contributed by atoms with Gasteiger partial charge in [-0.15, -0.1) is 0 Å². The number of hydrogen-bond donors (Lipinski definition) is 1. The smallest absolute Gasteiger partial charge is 0.153 e. The maximum Gasteiger partial charge on any atom is 0.153 e. The molecule has 0 amide bonds. The van der Waals surface area contributed by atoms with Gasteiger partial charge in [0.25, 0.3) is 0 Å². The fraction of sp³-hybridized carbons (Fsp3) is 1.00. The molecule has 0 bridgehead atoms. The third kappa shape index (κ3) is 3.25. The van der Waals surface area contributed by atoms with E-state index < -0.39 is 15.4 Å². The molecule has 5 heteroatoms. The van der Waals surface area contributed by atoms with Gasteiger partial charge in [0.05, 0.1) is 18.1 Å². The number of sulfone groups is 1. The van der Waals surface area contributed by atoms with Gasteiger partial charge in [-0.2, -0.15) is 0 Å². The van der Waals surface area contributed by atoms with E-state index in [1.807, 2.05) is 6.92 Å². The van der Waals surface area contributed by atoms with E-state index in [1.54, 1.807) is 0 Å². The second-order valence-corrected chi connectivity index (χ2v) is 5.80. The summed E-state index contributed by atoms with van der Waals surface area (Å²) in [7, 11) is -3.02. The second-order valence-electron chi connectivity index (χ2n) is 3.62. The Bertz CT molecular complexity index is 259. The van der Waals surface area contributed by atoms with E-state index in [1.165, 1.54) is 0 Å². The molecule has 1 heterocycles. The number of rotatable bonds is 4. The highest BCUT2D eigenvalue weighted by molar-refractivity contribution is 7.91. The van der Waals surface area contributed by atoms with E-state index in [9.17, 15) is 13.5 Å². The molecule has 1 saturated heterocycles. The highest BCUT2D eigenvalue weighted by Gasteiger charge is 2.40. The van der Waals surface area contributed by atoms with E-state index in [0.29, 0.717) is 13.0 Å². The average Bonchev–Trinajstić information content (AvgIpc) is 2.27. The van der Waals surface area contributed by atoms with Gasteiger partial charge in [0.15, 0.2) is 9.84 Å². The number of hydrogen-bond acceptors (Lipinski definition) is 4. The molecule has 1 aliphatic heterocycles. The van der Waals surface area contributed by atoms with Crippen LogP contribution in [0.25, 0.3) is 0 Å². The first-order chi connectivity index (χ1) is 5.97. The lowest BCUT2D eigenvalue weighted by Gasteiger charge is -2.19. The van der Waals surface area contributed by atoms with Gasteiger partial charge in [-0.05, 0) is 12.8 Å². The van der Waals surface area contributed by atoms with E-state index in [2.05, 4.69) is 0 Å². The predicted molar refractivity (Wildman–Crippen MR) is 49.3 cm³/mol. The summed E-state index contributed by atoms with van der Waals surface area (Å²) < 4.78 is 27.3. The largest absolute Gasteiger partial charge is 0.386 e. The first-order valence-electron chi connectivity index (χ1n) is 4.48. The lowest BCUT2D eigenvalue weighted by Crippen LogP contribution is -2.35. The van der Waals surface area contributed by atoms with Crippen LogP contribution in [-0.2, 0) is 14.6 Å². The highest BCUT2D eigenvalue weighted by atomic mass is 32.2. The molecule has 78 valence electrons. The Labute approximate surface area is 78.8 Å². The van der Waals surface area contributed by atoms with Crippen LogP contribution in [0.1, 0.15) is 19.8 Å². The van der Waals surface area contributed by atoms with E-state index in [-0.39, 0.29) is 18.1 Å². The van der Waals surface area contributed by atoms with Crippen molar-refractivity contribution in [2.45, 2.75) is 25.4 Å². The summed E-state index contributed by atoms with van der Waals surface area (Å²) in [6.07, 6.45) is 1.18. The maximum atomic E-state index is 11.1. The summed E-state index contributed by atoms with van der Waals surface area (Å²) in [6, 6.07) is 0. The summed E-state index contributed by atoms with van der Waals surface area (Å²) in [5.41, 5.74) is -1.13. The fourth-order valence-corrected chi connectivity index (χ4v) is 3.30. The Morgan fingerprint density at radius 1 is 1.54 bits per heavy atom. The van der Waals surface area contributed by atoms with Crippen LogP contribution in [0.4, 0.5) is 0 Å². The van der Waals surface area contributed by atoms with Crippen LogP contribution < -0.4 is 0 Å². The number of aliphatic hydroxyl groups is 1. The van der Waals surface area contributed by atoms with Gasteiger partial charge < -0.3 is 9.84 Å². The summed E-state index contributed by atoms with van der Waals surface area (Å²) >= 11 is 0. The van der Waals surface area contributed by atoms with Gasteiger partial charge in [-0.1, -0.05) is 6.92 Å². The van der Waals surface area contributed by atoms with Crippen LogP contribution in [0.5, 0.6) is 0 Å². The minimum absolute atomic E-state index is 0.0823. The van der Waals surface area contributed by atoms with Crippen molar-refractivity contribution in [3.63, 3.8) is 0 Å². The Kier molecular flexibility index (Phi) is 3.32. The van der Waals surface area contributed by atoms with Crippen molar-refractivity contribution in [1.29, 1.82) is 0 Å². The van der Waals surface area contributed by atoms with Crippen LogP contribution in [0.2, 0.25) is 0 Å². The Hall–Kier alpha value is -0.130. The van der Waals surface area contributed by atoms with Gasteiger partial charge in [0.2, 0.25) is 0 Å². The minimum atomic E-state index is -3.02. The van der Waals surface area contributed by atoms with Crippen molar-refractivity contribution >= 4 is 9.84 Å². The van der Waals surface area contributed by atoms with Crippen molar-refractivity contribution in [2.75, 3.05) is 24.7 Å². The fourth-order valence-electron chi connectivity index (χ4n) is 1.42. The van der Waals surface area contributed by atoms with Crippen LogP contribution >= 0.6 is 0 Å². The molecular formula is C8H16O4S. The molecule has 0 aromatic carbocycles. The summed E-state index contributed by atoms with van der Waals surface area (Å²) in [5, 5.41) is 9.75. The topological polar surface area (TPSA) is 63.6 Å². The van der Waals surface area contributed by atoms with Crippen molar-refractivity contribution in [1.82, 2.24) is 0 Å². The lowest BCUT2D eigenvalue weighted by atomic mass is 10.1. The van der Waals surface area contributed by atoms with Crippen molar-refractivity contribution in [3.8, 4) is 0 Å². The van der Waals surface area contributed by atoms with Gasteiger partial charge in [0, 0.05) is 6.61 Å². The predicted octanol–water partition coefficient (Wildman–Crippen LogP) is -0.0374. The van der Waals surface area contributed by atoms with Crippen LogP contribution in [0, 0.1) is 0 Å². The minimum Gasteiger partial charge on any atom is -0.386 e. The molecule has 1 N–H and O–H groups in total. The molecule has 4 nitrogen and oxygen atoms in total. The monoisotopic (exact) mass is 208 g/mol. The van der Waals surface area contributed by atoms with Gasteiger partial charge in [0.1, 0.15) is 5.60 Å². The Balaban J connectivity index is 2.41. The van der Waals surface area contributed by atoms with E-state index in [0.717, 1.165) is 6.42 Å². The Morgan fingerprint density at radius 2 is 2.23 bits per heavy atom. The van der Waals surface area contributed by atoms with Gasteiger partial charge in [-0.3, -0.25) is 0 Å². The molecule has 1 atom stereocenters. The molecular weight excluding hydrogens is 192 g/mol. The summed E-state index contributed by atoms with van der Waals surface area (Å²) in [6.45, 7) is 2.68. The van der Waals surface area contributed by atoms with Crippen LogP contribution in [0.3, 0.4) is 0 Å². The molecule has 1 fully saturated rings. The molecule has 13 heavy (non-hydrogen) atoms. The molecule has 0 aromatic heterocycles. The zero-order valence-corrected chi connectivity index (χ0v) is 8.64. The zero-order chi connectivity index (χ0) is 9.95.